The summed E-state index contributed by atoms with van der Waals surface area (Å²) in [5, 5.41) is 0. The second kappa shape index (κ2) is 6.02. The third kappa shape index (κ3) is 4.02. The van der Waals surface area contributed by atoms with Gasteiger partial charge in [-0.2, -0.15) is 0 Å². The predicted molar refractivity (Wildman–Crippen MR) is 68.1 cm³/mol. The molecule has 17 heavy (non-hydrogen) atoms. The fraction of sp³-hybridized carbons (Fsp3) is 0.500. The first-order chi connectivity index (χ1) is 7.99. The number of methoxy groups -OCH3 is 1. The van der Waals surface area contributed by atoms with Crippen molar-refractivity contribution in [2.24, 2.45) is 5.73 Å². The van der Waals surface area contributed by atoms with E-state index in [1.165, 1.54) is 13.4 Å². The van der Waals surface area contributed by atoms with Crippen LogP contribution >= 0.6 is 0 Å². The predicted octanol–water partition coefficient (Wildman–Crippen LogP) is 1.38. The fourth-order valence-electron chi connectivity index (χ4n) is 1.65. The number of unbranched alkanes of at least 4 members (excludes halogenated alkanes) is 1. The van der Waals surface area contributed by atoms with Crippen molar-refractivity contribution in [2.45, 2.75) is 24.2 Å². The standard InChI is InChI=1S/C12H19NO3S/c1-16-11-9-10(5-3-4-8-13)6-7-12(11)17(2,14)15/h6-7,9H,3-5,8,13H2,1-2H3. The van der Waals surface area contributed by atoms with Crippen molar-refractivity contribution in [1.82, 2.24) is 0 Å². The summed E-state index contributed by atoms with van der Waals surface area (Å²) in [6.45, 7) is 0.679. The third-order valence-electron chi connectivity index (χ3n) is 2.55. The number of nitrogens with two attached hydrogens (primary N) is 1. The molecule has 1 aromatic carbocycles. The van der Waals surface area contributed by atoms with Gasteiger partial charge in [0.1, 0.15) is 10.6 Å². The average Bonchev–Trinajstić information content (AvgIpc) is 2.28. The summed E-state index contributed by atoms with van der Waals surface area (Å²) in [5.74, 6) is 0.415. The van der Waals surface area contributed by atoms with Gasteiger partial charge in [-0.25, -0.2) is 8.42 Å². The molecule has 1 rings (SSSR count). The van der Waals surface area contributed by atoms with Crippen LogP contribution in [-0.4, -0.2) is 28.3 Å². The number of rotatable bonds is 6. The van der Waals surface area contributed by atoms with Crippen molar-refractivity contribution in [2.75, 3.05) is 19.9 Å². The molecule has 1 aromatic rings. The SMILES string of the molecule is COc1cc(CCCCN)ccc1S(C)(=O)=O. The van der Waals surface area contributed by atoms with Crippen molar-refractivity contribution in [3.63, 3.8) is 0 Å². The van der Waals surface area contributed by atoms with Crippen LogP contribution in [0.3, 0.4) is 0 Å². The van der Waals surface area contributed by atoms with Gasteiger partial charge < -0.3 is 10.5 Å². The Morgan fingerprint density at radius 3 is 2.53 bits per heavy atom. The first-order valence-corrected chi connectivity index (χ1v) is 7.45. The zero-order chi connectivity index (χ0) is 12.9. The maximum Gasteiger partial charge on any atom is 0.179 e. The first-order valence-electron chi connectivity index (χ1n) is 5.56. The number of sulfone groups is 1. The summed E-state index contributed by atoms with van der Waals surface area (Å²) in [7, 11) is -1.75. The Labute approximate surface area is 103 Å². The molecule has 4 nitrogen and oxygen atoms in total. The minimum Gasteiger partial charge on any atom is -0.495 e. The van der Waals surface area contributed by atoms with E-state index in [-0.39, 0.29) is 4.90 Å². The van der Waals surface area contributed by atoms with E-state index in [2.05, 4.69) is 0 Å². The molecule has 0 amide bonds. The van der Waals surface area contributed by atoms with Gasteiger partial charge in [0, 0.05) is 6.26 Å². The minimum atomic E-state index is -3.23. The lowest BCUT2D eigenvalue weighted by atomic mass is 10.1. The van der Waals surface area contributed by atoms with E-state index >= 15 is 0 Å². The van der Waals surface area contributed by atoms with Crippen LogP contribution in [0.15, 0.2) is 23.1 Å². The minimum absolute atomic E-state index is 0.238. The molecule has 0 heterocycles. The quantitative estimate of drug-likeness (QED) is 0.782. The molecule has 0 fully saturated rings. The van der Waals surface area contributed by atoms with Gasteiger partial charge in [0.05, 0.1) is 7.11 Å². The van der Waals surface area contributed by atoms with Gasteiger partial charge >= 0.3 is 0 Å². The van der Waals surface area contributed by atoms with Crippen LogP contribution in [0.2, 0.25) is 0 Å². The van der Waals surface area contributed by atoms with Crippen molar-refractivity contribution in [3.8, 4) is 5.75 Å². The highest BCUT2D eigenvalue weighted by Gasteiger charge is 2.14. The van der Waals surface area contributed by atoms with E-state index in [9.17, 15) is 8.42 Å². The smallest absolute Gasteiger partial charge is 0.179 e. The third-order valence-corrected chi connectivity index (χ3v) is 3.68. The topological polar surface area (TPSA) is 69.4 Å². The average molecular weight is 257 g/mol. The molecule has 96 valence electrons. The van der Waals surface area contributed by atoms with Gasteiger partial charge in [0.15, 0.2) is 9.84 Å². The fourth-order valence-corrected chi connectivity index (χ4v) is 2.47. The molecule has 0 bridgehead atoms. The molecular weight excluding hydrogens is 238 g/mol. The molecule has 0 aliphatic carbocycles. The lowest BCUT2D eigenvalue weighted by Crippen LogP contribution is -2.02. The van der Waals surface area contributed by atoms with E-state index in [1.807, 2.05) is 6.07 Å². The zero-order valence-corrected chi connectivity index (χ0v) is 11.1. The highest BCUT2D eigenvalue weighted by Crippen LogP contribution is 2.25. The van der Waals surface area contributed by atoms with Crippen molar-refractivity contribution >= 4 is 9.84 Å². The van der Waals surface area contributed by atoms with Gasteiger partial charge in [0.25, 0.3) is 0 Å². The Hall–Kier alpha value is -1.07. The Morgan fingerprint density at radius 1 is 1.29 bits per heavy atom. The van der Waals surface area contributed by atoms with Crippen molar-refractivity contribution in [1.29, 1.82) is 0 Å². The lowest BCUT2D eigenvalue weighted by molar-refractivity contribution is 0.402. The highest BCUT2D eigenvalue weighted by molar-refractivity contribution is 7.90. The zero-order valence-electron chi connectivity index (χ0n) is 10.3. The molecule has 0 unspecified atom stereocenters. The number of hydrogen-bond acceptors (Lipinski definition) is 4. The molecule has 0 aliphatic heterocycles. The molecule has 0 aliphatic rings. The van der Waals surface area contributed by atoms with Crippen LogP contribution in [0, 0.1) is 0 Å². The van der Waals surface area contributed by atoms with Crippen LogP contribution in [0.25, 0.3) is 0 Å². The van der Waals surface area contributed by atoms with E-state index in [4.69, 9.17) is 10.5 Å². The molecule has 0 aromatic heterocycles. The second-order valence-corrected chi connectivity index (χ2v) is 5.99. The Bertz CT molecular complexity index is 469. The summed E-state index contributed by atoms with van der Waals surface area (Å²) < 4.78 is 28.1. The highest BCUT2D eigenvalue weighted by atomic mass is 32.2. The van der Waals surface area contributed by atoms with E-state index in [1.54, 1.807) is 12.1 Å². The van der Waals surface area contributed by atoms with E-state index < -0.39 is 9.84 Å². The molecule has 0 saturated heterocycles. The maximum atomic E-state index is 11.5. The van der Waals surface area contributed by atoms with Gasteiger partial charge in [-0.1, -0.05) is 6.07 Å². The monoisotopic (exact) mass is 257 g/mol. The molecule has 0 saturated carbocycles. The van der Waals surface area contributed by atoms with E-state index in [0.717, 1.165) is 24.8 Å². The largest absolute Gasteiger partial charge is 0.495 e. The van der Waals surface area contributed by atoms with Gasteiger partial charge in [-0.15, -0.1) is 0 Å². The lowest BCUT2D eigenvalue weighted by Gasteiger charge is -2.09. The Balaban J connectivity index is 2.93. The summed E-state index contributed by atoms with van der Waals surface area (Å²) >= 11 is 0. The molecule has 5 heteroatoms. The summed E-state index contributed by atoms with van der Waals surface area (Å²) in [4.78, 5) is 0.238. The van der Waals surface area contributed by atoms with Crippen molar-refractivity contribution in [3.05, 3.63) is 23.8 Å². The molecule has 0 atom stereocenters. The maximum absolute atomic E-state index is 11.5. The van der Waals surface area contributed by atoms with Crippen LogP contribution in [-0.2, 0) is 16.3 Å². The molecule has 0 radical (unpaired) electrons. The summed E-state index contributed by atoms with van der Waals surface area (Å²) in [5.41, 5.74) is 6.50. The summed E-state index contributed by atoms with van der Waals surface area (Å²) in [6, 6.07) is 5.22. The number of benzene rings is 1. The number of hydrogen-bond donors (Lipinski definition) is 1. The normalized spacial score (nSPS) is 11.5. The van der Waals surface area contributed by atoms with Gasteiger partial charge in [-0.05, 0) is 43.5 Å². The molecule has 0 spiro atoms. The van der Waals surface area contributed by atoms with E-state index in [0.29, 0.717) is 12.3 Å². The molecule has 2 N–H and O–H groups in total. The van der Waals surface area contributed by atoms with Crippen LogP contribution in [0.1, 0.15) is 18.4 Å². The van der Waals surface area contributed by atoms with Crippen LogP contribution < -0.4 is 10.5 Å². The van der Waals surface area contributed by atoms with Gasteiger partial charge in [0.2, 0.25) is 0 Å². The number of aryl methyl sites for hydroxylation is 1. The van der Waals surface area contributed by atoms with Crippen LogP contribution in [0.5, 0.6) is 5.75 Å². The Morgan fingerprint density at radius 2 is 2.00 bits per heavy atom. The number of ether oxygens (including phenoxy) is 1. The second-order valence-electron chi connectivity index (χ2n) is 4.00. The summed E-state index contributed by atoms with van der Waals surface area (Å²) in [6.07, 6.45) is 4.03. The van der Waals surface area contributed by atoms with Crippen LogP contribution in [0.4, 0.5) is 0 Å². The Kier molecular flexibility index (Phi) is 4.96. The first kappa shape index (κ1) is 14.0. The van der Waals surface area contributed by atoms with Crippen molar-refractivity contribution < 1.29 is 13.2 Å². The molecular formula is C12H19NO3S. The van der Waals surface area contributed by atoms with Gasteiger partial charge in [-0.3, -0.25) is 0 Å².